The highest BCUT2D eigenvalue weighted by Gasteiger charge is 2.29. The number of terminal acetylenes is 1. The lowest BCUT2D eigenvalue weighted by molar-refractivity contribution is 0.434. The Morgan fingerprint density at radius 1 is 0.922 bits per heavy atom. The van der Waals surface area contributed by atoms with Crippen molar-refractivity contribution in [2.24, 2.45) is 5.41 Å². The van der Waals surface area contributed by atoms with Crippen LogP contribution in [0.1, 0.15) is 141 Å². The maximum absolute atomic E-state index is 5.41. The van der Waals surface area contributed by atoms with Gasteiger partial charge in [-0.1, -0.05) is 102 Å². The molecule has 0 heterocycles. The van der Waals surface area contributed by atoms with Crippen LogP contribution in [0.5, 0.6) is 0 Å². The van der Waals surface area contributed by atoms with E-state index in [1.807, 2.05) is 0 Å². The van der Waals surface area contributed by atoms with Crippen molar-refractivity contribution in [2.45, 2.75) is 130 Å². The summed E-state index contributed by atoms with van der Waals surface area (Å²) in [6, 6.07) is 20.6. The molecule has 0 aliphatic heterocycles. The van der Waals surface area contributed by atoms with Crippen molar-refractivity contribution >= 4 is 6.08 Å². The van der Waals surface area contributed by atoms with Gasteiger partial charge in [-0.05, 0) is 174 Å². The maximum atomic E-state index is 5.41. The first-order valence-corrected chi connectivity index (χ1v) is 19.6. The average molecular weight is 671 g/mol. The smallest absolute Gasteiger partial charge is 0.0262 e. The molecule has 3 aromatic rings. The highest BCUT2D eigenvalue weighted by molar-refractivity contribution is 5.65. The van der Waals surface area contributed by atoms with Crippen LogP contribution in [0.3, 0.4) is 0 Å². The molecule has 3 aliphatic carbocycles. The van der Waals surface area contributed by atoms with Gasteiger partial charge in [0, 0.05) is 23.3 Å². The van der Waals surface area contributed by atoms with Crippen LogP contribution in [-0.4, -0.2) is 0 Å². The molecule has 0 fully saturated rings. The minimum Gasteiger partial charge on any atom is -0.120 e. The van der Waals surface area contributed by atoms with Gasteiger partial charge < -0.3 is 0 Å². The molecule has 0 saturated heterocycles. The summed E-state index contributed by atoms with van der Waals surface area (Å²) >= 11 is 0. The first kappa shape index (κ1) is 36.5. The molecule has 51 heavy (non-hydrogen) atoms. The fourth-order valence-electron chi connectivity index (χ4n) is 8.77. The van der Waals surface area contributed by atoms with E-state index in [9.17, 15) is 0 Å². The first-order valence-electron chi connectivity index (χ1n) is 19.6. The second kappa shape index (κ2) is 16.4. The Kier molecular flexibility index (Phi) is 11.7. The minimum atomic E-state index is 0.0113. The van der Waals surface area contributed by atoms with Gasteiger partial charge in [0.2, 0.25) is 0 Å². The van der Waals surface area contributed by atoms with Crippen LogP contribution < -0.4 is 0 Å². The summed E-state index contributed by atoms with van der Waals surface area (Å²) in [7, 11) is 0. The molecule has 3 aromatic carbocycles. The number of rotatable bonds is 13. The molecule has 1 unspecified atom stereocenters. The van der Waals surface area contributed by atoms with Crippen molar-refractivity contribution in [3.8, 4) is 24.2 Å². The van der Waals surface area contributed by atoms with Gasteiger partial charge in [-0.15, -0.1) is 12.3 Å². The normalized spacial score (nSPS) is 16.5. The van der Waals surface area contributed by atoms with E-state index in [0.29, 0.717) is 5.92 Å². The van der Waals surface area contributed by atoms with Gasteiger partial charge >= 0.3 is 0 Å². The SMILES string of the molecule is C#CCCCCC(C)(C)C#Cc1ccc(CCCCC2=C(C(=C)C)C=C(C3CCCc4c3ccc(CC3=Cc5ccccc5C3)c4C)C2)c(C)c1. The fourth-order valence-corrected chi connectivity index (χ4v) is 8.77. The van der Waals surface area contributed by atoms with Crippen LogP contribution in [0, 0.1) is 43.4 Å². The predicted molar refractivity (Wildman–Crippen MR) is 220 cm³/mol. The van der Waals surface area contributed by atoms with Gasteiger partial charge in [0.25, 0.3) is 0 Å². The highest BCUT2D eigenvalue weighted by atomic mass is 14.3. The Morgan fingerprint density at radius 2 is 1.73 bits per heavy atom. The summed E-state index contributed by atoms with van der Waals surface area (Å²) in [4.78, 5) is 0. The summed E-state index contributed by atoms with van der Waals surface area (Å²) in [5.74, 6) is 10.3. The molecular weight excluding hydrogens is 613 g/mol. The molecule has 0 saturated carbocycles. The molecular formula is C51H58. The number of fused-ring (bicyclic) bond motifs is 2. The second-order valence-electron chi connectivity index (χ2n) is 16.3. The quantitative estimate of drug-likeness (QED) is 0.125. The molecule has 6 rings (SSSR count). The summed E-state index contributed by atoms with van der Waals surface area (Å²) in [5, 5.41) is 0. The first-order chi connectivity index (χ1) is 24.6. The van der Waals surface area contributed by atoms with Gasteiger partial charge in [-0.25, -0.2) is 0 Å². The van der Waals surface area contributed by atoms with Gasteiger partial charge in [-0.2, -0.15) is 0 Å². The van der Waals surface area contributed by atoms with E-state index in [1.165, 1.54) is 76.6 Å². The Morgan fingerprint density at radius 3 is 2.51 bits per heavy atom. The highest BCUT2D eigenvalue weighted by Crippen LogP contribution is 2.46. The third-order valence-corrected chi connectivity index (χ3v) is 11.8. The van der Waals surface area contributed by atoms with Crippen LogP contribution >= 0.6 is 0 Å². The molecule has 0 spiro atoms. The zero-order valence-electron chi connectivity index (χ0n) is 32.1. The summed E-state index contributed by atoms with van der Waals surface area (Å²) in [6.07, 6.45) is 26.3. The molecule has 262 valence electrons. The van der Waals surface area contributed by atoms with E-state index < -0.39 is 0 Å². The maximum Gasteiger partial charge on any atom is 0.0262 e. The lowest BCUT2D eigenvalue weighted by atomic mass is 9.75. The van der Waals surface area contributed by atoms with Crippen molar-refractivity contribution < 1.29 is 0 Å². The zero-order chi connectivity index (χ0) is 36.0. The third-order valence-electron chi connectivity index (χ3n) is 11.8. The zero-order valence-corrected chi connectivity index (χ0v) is 32.1. The number of benzene rings is 3. The summed E-state index contributed by atoms with van der Waals surface area (Å²) < 4.78 is 0. The molecule has 0 radical (unpaired) electrons. The van der Waals surface area contributed by atoms with Crippen molar-refractivity contribution in [3.63, 3.8) is 0 Å². The number of allylic oxidation sites excluding steroid dienone is 6. The largest absolute Gasteiger partial charge is 0.120 e. The Labute approximate surface area is 310 Å². The Hall–Kier alpha value is -4.26. The van der Waals surface area contributed by atoms with Gasteiger partial charge in [0.15, 0.2) is 0 Å². The Bertz CT molecular complexity index is 1980. The lowest BCUT2D eigenvalue weighted by Crippen LogP contribution is -2.14. The molecule has 0 N–H and O–H groups in total. The fraction of sp³-hybridized carbons (Fsp3) is 0.412. The Balaban J connectivity index is 1.04. The molecule has 0 heteroatoms. The van der Waals surface area contributed by atoms with Crippen LogP contribution in [0.15, 0.2) is 95.1 Å². The van der Waals surface area contributed by atoms with Gasteiger partial charge in [0.05, 0.1) is 0 Å². The lowest BCUT2D eigenvalue weighted by Gasteiger charge is -2.29. The number of hydrogen-bond acceptors (Lipinski definition) is 0. The van der Waals surface area contributed by atoms with E-state index in [1.54, 1.807) is 27.8 Å². The second-order valence-corrected chi connectivity index (χ2v) is 16.3. The van der Waals surface area contributed by atoms with Crippen molar-refractivity contribution in [3.05, 3.63) is 145 Å². The monoisotopic (exact) mass is 670 g/mol. The molecule has 0 amide bonds. The molecule has 1 atom stereocenters. The number of aryl methyl sites for hydroxylation is 2. The summed E-state index contributed by atoms with van der Waals surface area (Å²) in [6.45, 7) is 15.7. The van der Waals surface area contributed by atoms with Gasteiger partial charge in [0.1, 0.15) is 0 Å². The summed E-state index contributed by atoms with van der Waals surface area (Å²) in [5.41, 5.74) is 20.5. The van der Waals surface area contributed by atoms with Crippen molar-refractivity contribution in [1.82, 2.24) is 0 Å². The van der Waals surface area contributed by atoms with E-state index in [4.69, 9.17) is 6.42 Å². The molecule has 0 nitrogen and oxygen atoms in total. The predicted octanol–water partition coefficient (Wildman–Crippen LogP) is 13.1. The number of hydrogen-bond donors (Lipinski definition) is 0. The van der Waals surface area contributed by atoms with Crippen LogP contribution in [-0.2, 0) is 25.7 Å². The van der Waals surface area contributed by atoms with Crippen LogP contribution in [0.2, 0.25) is 0 Å². The standard InChI is InChI=1S/C51H58/c1-8-9-10-15-28-51(6,7)29-27-39-23-24-41(37(4)30-39)17-11-14-20-45-34-46(35-50(45)36(2)3)48-22-16-21-47-38(5)42(25-26-49(47)48)31-40-32-43-18-12-13-19-44(43)33-40/h1,12-13,18-19,23-26,30,32,35,48H,2,9-11,14-17,20-22,28,31,33-34H2,3-7H3. The molecule has 0 aromatic heterocycles. The van der Waals surface area contributed by atoms with E-state index in [-0.39, 0.29) is 5.41 Å². The van der Waals surface area contributed by atoms with E-state index in [2.05, 4.69) is 126 Å². The minimum absolute atomic E-state index is 0.0113. The molecule has 3 aliphatic rings. The average Bonchev–Trinajstić information content (AvgIpc) is 3.74. The van der Waals surface area contributed by atoms with Crippen molar-refractivity contribution in [1.29, 1.82) is 0 Å². The number of unbranched alkanes of at least 4 members (excludes halogenated alkanes) is 3. The van der Waals surface area contributed by atoms with E-state index in [0.717, 1.165) is 63.4 Å². The van der Waals surface area contributed by atoms with E-state index >= 15 is 0 Å². The third kappa shape index (κ3) is 8.98. The van der Waals surface area contributed by atoms with Crippen molar-refractivity contribution in [2.75, 3.05) is 0 Å². The van der Waals surface area contributed by atoms with Crippen LogP contribution in [0.25, 0.3) is 6.08 Å². The topological polar surface area (TPSA) is 0 Å². The van der Waals surface area contributed by atoms with Gasteiger partial charge in [-0.3, -0.25) is 0 Å². The van der Waals surface area contributed by atoms with Crippen LogP contribution in [0.4, 0.5) is 0 Å². The molecule has 0 bridgehead atoms.